The molecule has 2 heterocycles. The first-order chi connectivity index (χ1) is 14.0. The van der Waals surface area contributed by atoms with E-state index < -0.39 is 6.04 Å². The maximum atomic E-state index is 12.7. The van der Waals surface area contributed by atoms with Gasteiger partial charge in [-0.1, -0.05) is 23.7 Å². The number of amides is 1. The number of carbonyl (C=O) groups excluding carboxylic acids is 1. The first kappa shape index (κ1) is 19.4. The molecule has 1 aliphatic rings. The Kier molecular flexibility index (Phi) is 5.46. The molecule has 3 aromatic rings. The lowest BCUT2D eigenvalue weighted by molar-refractivity contribution is 0.0916. The fraction of sp³-hybridized carbons (Fsp3) is 0.300. The first-order valence-corrected chi connectivity index (χ1v) is 9.73. The largest absolute Gasteiger partial charge is 0.394 e. The van der Waals surface area contributed by atoms with Crippen LogP contribution in [-0.4, -0.2) is 43.4 Å². The number of benzene rings is 1. The predicted molar refractivity (Wildman–Crippen MR) is 109 cm³/mol. The maximum Gasteiger partial charge on any atom is 0.255 e. The van der Waals surface area contributed by atoms with Crippen LogP contribution in [0, 0.1) is 6.92 Å². The van der Waals surface area contributed by atoms with E-state index in [-0.39, 0.29) is 12.5 Å². The van der Waals surface area contributed by atoms with Gasteiger partial charge < -0.3 is 15.7 Å². The molecule has 0 radical (unpaired) electrons. The molecular formula is C20H21ClN6O2. The predicted octanol–water partition coefficient (Wildman–Crippen LogP) is 2.66. The topological polar surface area (TPSA) is 105 Å². The number of halogens is 1. The van der Waals surface area contributed by atoms with Crippen molar-refractivity contribution in [3.8, 4) is 5.82 Å². The van der Waals surface area contributed by atoms with Crippen LogP contribution in [0.15, 0.2) is 42.9 Å². The van der Waals surface area contributed by atoms with Crippen molar-refractivity contribution in [2.45, 2.75) is 31.8 Å². The van der Waals surface area contributed by atoms with E-state index in [0.717, 1.165) is 24.0 Å². The Bertz CT molecular complexity index is 1030. The lowest BCUT2D eigenvalue weighted by Gasteiger charge is -2.16. The van der Waals surface area contributed by atoms with Gasteiger partial charge in [0.1, 0.15) is 0 Å². The minimum atomic E-state index is -0.570. The van der Waals surface area contributed by atoms with Crippen LogP contribution in [0.2, 0.25) is 5.02 Å². The summed E-state index contributed by atoms with van der Waals surface area (Å²) in [4.78, 5) is 21.5. The minimum absolute atomic E-state index is 0.249. The van der Waals surface area contributed by atoms with E-state index in [4.69, 9.17) is 11.6 Å². The van der Waals surface area contributed by atoms with Gasteiger partial charge in [-0.3, -0.25) is 4.79 Å². The van der Waals surface area contributed by atoms with Gasteiger partial charge in [0.25, 0.3) is 5.91 Å². The Morgan fingerprint density at radius 2 is 2.21 bits per heavy atom. The van der Waals surface area contributed by atoms with E-state index in [1.807, 2.05) is 6.92 Å². The number of rotatable bonds is 7. The molecule has 0 saturated heterocycles. The summed E-state index contributed by atoms with van der Waals surface area (Å²) in [5.41, 5.74) is 1.93. The van der Waals surface area contributed by atoms with E-state index >= 15 is 0 Å². The molecule has 1 amide bonds. The molecule has 1 atom stereocenters. The number of nitrogens with one attached hydrogen (secondary N) is 2. The average Bonchev–Trinajstić information content (AvgIpc) is 3.39. The Hall–Kier alpha value is -2.97. The molecule has 8 nitrogen and oxygen atoms in total. The van der Waals surface area contributed by atoms with Crippen molar-refractivity contribution in [1.29, 1.82) is 0 Å². The van der Waals surface area contributed by atoms with Crippen molar-refractivity contribution in [3.05, 3.63) is 64.6 Å². The van der Waals surface area contributed by atoms with Crippen LogP contribution >= 0.6 is 11.6 Å². The van der Waals surface area contributed by atoms with Crippen molar-refractivity contribution in [2.24, 2.45) is 0 Å². The van der Waals surface area contributed by atoms with Crippen LogP contribution in [0.5, 0.6) is 0 Å². The molecule has 0 aliphatic heterocycles. The number of aromatic nitrogens is 4. The van der Waals surface area contributed by atoms with E-state index in [1.54, 1.807) is 41.3 Å². The number of aryl methyl sites for hydroxylation is 1. The smallest absolute Gasteiger partial charge is 0.255 e. The van der Waals surface area contributed by atoms with Gasteiger partial charge in [-0.25, -0.2) is 9.67 Å². The molecular weight excluding hydrogens is 392 g/mol. The number of aliphatic hydroxyl groups excluding tert-OH is 1. The van der Waals surface area contributed by atoms with Crippen molar-refractivity contribution in [3.63, 3.8) is 0 Å². The second-order valence-electron chi connectivity index (χ2n) is 7.06. The summed E-state index contributed by atoms with van der Waals surface area (Å²) < 4.78 is 1.55. The number of hydrogen-bond acceptors (Lipinski definition) is 6. The molecule has 1 saturated carbocycles. The molecule has 4 rings (SSSR count). The highest BCUT2D eigenvalue weighted by Gasteiger charge is 2.22. The summed E-state index contributed by atoms with van der Waals surface area (Å²) in [6.07, 6.45) is 7.05. The van der Waals surface area contributed by atoms with E-state index in [2.05, 4.69) is 25.7 Å². The van der Waals surface area contributed by atoms with Gasteiger partial charge in [-0.2, -0.15) is 10.1 Å². The number of aliphatic hydroxyl groups is 1. The summed E-state index contributed by atoms with van der Waals surface area (Å²) in [6.45, 7) is 1.64. The van der Waals surface area contributed by atoms with Gasteiger partial charge in [-0.05, 0) is 37.5 Å². The van der Waals surface area contributed by atoms with Gasteiger partial charge in [0, 0.05) is 29.0 Å². The Balaban J connectivity index is 1.51. The lowest BCUT2D eigenvalue weighted by Crippen LogP contribution is -2.30. The molecule has 0 bridgehead atoms. The quantitative estimate of drug-likeness (QED) is 0.551. The summed E-state index contributed by atoms with van der Waals surface area (Å²) in [5, 5.41) is 20.6. The number of nitrogens with zero attached hydrogens (tertiary/aromatic N) is 4. The zero-order valence-corrected chi connectivity index (χ0v) is 16.6. The molecule has 29 heavy (non-hydrogen) atoms. The minimum Gasteiger partial charge on any atom is -0.394 e. The normalized spacial score (nSPS) is 14.4. The molecule has 0 spiro atoms. The molecule has 2 aromatic heterocycles. The summed E-state index contributed by atoms with van der Waals surface area (Å²) >= 11 is 6.01. The second kappa shape index (κ2) is 8.18. The standard InChI is InChI=1S/C20H21ClN6O2/c1-12-8-22-20(24-16-5-6-16)26-18(12)27-10-14(9-23-27)19(29)25-17(11-28)13-3-2-4-15(21)7-13/h2-4,7-10,16-17,28H,5-6,11H2,1H3,(H,25,29)(H,22,24,26)/t17-/m1/s1. The summed E-state index contributed by atoms with van der Waals surface area (Å²) in [6, 6.07) is 6.89. The van der Waals surface area contributed by atoms with E-state index in [9.17, 15) is 9.90 Å². The fourth-order valence-corrected chi connectivity index (χ4v) is 3.10. The van der Waals surface area contributed by atoms with Crippen LogP contribution in [0.1, 0.15) is 40.4 Å². The van der Waals surface area contributed by atoms with E-state index in [1.165, 1.54) is 6.20 Å². The van der Waals surface area contributed by atoms with Crippen LogP contribution in [-0.2, 0) is 0 Å². The number of hydrogen-bond donors (Lipinski definition) is 3. The Morgan fingerprint density at radius 1 is 1.38 bits per heavy atom. The molecule has 9 heteroatoms. The highest BCUT2D eigenvalue weighted by Crippen LogP contribution is 2.24. The van der Waals surface area contributed by atoms with Crippen LogP contribution in [0.4, 0.5) is 5.95 Å². The van der Waals surface area contributed by atoms with Crippen molar-refractivity contribution < 1.29 is 9.90 Å². The number of anilines is 1. The molecule has 1 fully saturated rings. The summed E-state index contributed by atoms with van der Waals surface area (Å²) in [5.74, 6) is 0.810. The SMILES string of the molecule is Cc1cnc(NC2CC2)nc1-n1cc(C(=O)N[C@H](CO)c2cccc(Cl)c2)cn1. The highest BCUT2D eigenvalue weighted by atomic mass is 35.5. The Labute approximate surface area is 172 Å². The van der Waals surface area contributed by atoms with Crippen molar-refractivity contribution >= 4 is 23.5 Å². The molecule has 1 aliphatic carbocycles. The lowest BCUT2D eigenvalue weighted by atomic mass is 10.1. The van der Waals surface area contributed by atoms with Crippen LogP contribution in [0.3, 0.4) is 0 Å². The first-order valence-electron chi connectivity index (χ1n) is 9.36. The third-order valence-corrected chi connectivity index (χ3v) is 4.89. The van der Waals surface area contributed by atoms with E-state index in [0.29, 0.717) is 28.4 Å². The molecule has 150 valence electrons. The average molecular weight is 413 g/mol. The van der Waals surface area contributed by atoms with Gasteiger partial charge in [0.2, 0.25) is 5.95 Å². The zero-order valence-electron chi connectivity index (χ0n) is 15.8. The van der Waals surface area contributed by atoms with Gasteiger partial charge >= 0.3 is 0 Å². The third kappa shape index (κ3) is 4.55. The van der Waals surface area contributed by atoms with Crippen molar-refractivity contribution in [2.75, 3.05) is 11.9 Å². The Morgan fingerprint density at radius 3 is 2.93 bits per heavy atom. The molecule has 1 aromatic carbocycles. The maximum absolute atomic E-state index is 12.7. The van der Waals surface area contributed by atoms with Gasteiger partial charge in [-0.15, -0.1) is 0 Å². The van der Waals surface area contributed by atoms with Crippen LogP contribution < -0.4 is 10.6 Å². The monoisotopic (exact) mass is 412 g/mol. The number of carbonyl (C=O) groups is 1. The zero-order chi connectivity index (χ0) is 20.4. The molecule has 3 N–H and O–H groups in total. The summed E-state index contributed by atoms with van der Waals surface area (Å²) in [7, 11) is 0. The second-order valence-corrected chi connectivity index (χ2v) is 7.49. The van der Waals surface area contributed by atoms with Gasteiger partial charge in [0.05, 0.1) is 24.4 Å². The highest BCUT2D eigenvalue weighted by molar-refractivity contribution is 6.30. The fourth-order valence-electron chi connectivity index (χ4n) is 2.90. The molecule has 0 unspecified atom stereocenters. The van der Waals surface area contributed by atoms with Crippen LogP contribution in [0.25, 0.3) is 5.82 Å². The van der Waals surface area contributed by atoms with Crippen molar-refractivity contribution in [1.82, 2.24) is 25.1 Å². The van der Waals surface area contributed by atoms with Gasteiger partial charge in [0.15, 0.2) is 5.82 Å². The third-order valence-electron chi connectivity index (χ3n) is 4.66.